The number of likely N-dealkylation sites (tertiary alicyclic amines) is 1. The third kappa shape index (κ3) is 6.41. The van der Waals surface area contributed by atoms with Crippen LogP contribution in [-0.2, 0) is 20.9 Å². The summed E-state index contributed by atoms with van der Waals surface area (Å²) in [5.41, 5.74) is 2.92. The first-order chi connectivity index (χ1) is 20.0. The number of hydrogen-bond donors (Lipinski definition) is 3. The Morgan fingerprint density at radius 1 is 0.952 bits per heavy atom. The Hall–Kier alpha value is -4.38. The zero-order valence-corrected chi connectivity index (χ0v) is 22.6. The second kappa shape index (κ2) is 11.8. The maximum absolute atomic E-state index is 13.5. The Labute approximate surface area is 240 Å². The van der Waals surface area contributed by atoms with Crippen molar-refractivity contribution < 1.29 is 37.4 Å². The Kier molecular flexibility index (Phi) is 8.22. The number of rotatable bonds is 9. The summed E-state index contributed by atoms with van der Waals surface area (Å²) >= 11 is 0. The molecular weight excluding hydrogens is 551 g/mol. The van der Waals surface area contributed by atoms with Gasteiger partial charge in [-0.2, -0.15) is 13.2 Å². The van der Waals surface area contributed by atoms with E-state index in [2.05, 4.69) is 5.32 Å². The molecule has 3 aromatic rings. The van der Waals surface area contributed by atoms with Crippen molar-refractivity contribution in [2.45, 2.75) is 43.1 Å². The molecule has 0 bridgehead atoms. The molecule has 1 aliphatic heterocycles. The van der Waals surface area contributed by atoms with Gasteiger partial charge in [0.1, 0.15) is 12.6 Å². The molecule has 0 saturated carbocycles. The predicted molar refractivity (Wildman–Crippen MR) is 148 cm³/mol. The molecule has 1 fully saturated rings. The van der Waals surface area contributed by atoms with Gasteiger partial charge in [0.15, 0.2) is 5.54 Å². The van der Waals surface area contributed by atoms with Gasteiger partial charge in [-0.05, 0) is 34.2 Å². The molecule has 11 heteroatoms. The summed E-state index contributed by atoms with van der Waals surface area (Å²) in [6.07, 6.45) is -7.72. The Morgan fingerprint density at radius 3 is 2.14 bits per heavy atom. The topological polar surface area (TPSA) is 108 Å². The molecule has 0 radical (unpaired) electrons. The number of benzene rings is 3. The van der Waals surface area contributed by atoms with Gasteiger partial charge < -0.3 is 20.5 Å². The van der Waals surface area contributed by atoms with Crippen molar-refractivity contribution in [3.8, 4) is 11.1 Å². The Balaban J connectivity index is 1.25. The SMILES string of the molecule is O=C(NC(CC(F)(F)F)C(=O)NC1(C(=O)O)CCN(Cc2ccccc2)C1)OCC1c2ccccc2-c2ccccc21. The van der Waals surface area contributed by atoms with E-state index in [9.17, 15) is 32.7 Å². The number of carboxylic acids is 1. The highest BCUT2D eigenvalue weighted by Crippen LogP contribution is 2.44. The highest BCUT2D eigenvalue weighted by atomic mass is 19.4. The normalized spacial score (nSPS) is 19.0. The first-order valence-corrected chi connectivity index (χ1v) is 13.5. The molecule has 2 atom stereocenters. The van der Waals surface area contributed by atoms with Crippen molar-refractivity contribution in [1.29, 1.82) is 0 Å². The van der Waals surface area contributed by atoms with Crippen LogP contribution < -0.4 is 10.6 Å². The Bertz CT molecular complexity index is 1420. The van der Waals surface area contributed by atoms with Crippen molar-refractivity contribution in [3.05, 3.63) is 95.6 Å². The number of carbonyl (C=O) groups is 3. The van der Waals surface area contributed by atoms with E-state index >= 15 is 0 Å². The molecule has 3 N–H and O–H groups in total. The fourth-order valence-electron chi connectivity index (χ4n) is 5.74. The van der Waals surface area contributed by atoms with Gasteiger partial charge >= 0.3 is 18.2 Å². The second-order valence-electron chi connectivity index (χ2n) is 10.7. The fourth-order valence-corrected chi connectivity index (χ4v) is 5.74. The van der Waals surface area contributed by atoms with Gasteiger partial charge in [-0.15, -0.1) is 0 Å². The van der Waals surface area contributed by atoms with E-state index in [-0.39, 0.29) is 25.5 Å². The molecule has 1 saturated heterocycles. The number of fused-ring (bicyclic) bond motifs is 3. The molecular formula is C31H30F3N3O5. The molecule has 220 valence electrons. The van der Waals surface area contributed by atoms with E-state index in [1.807, 2.05) is 89.1 Å². The van der Waals surface area contributed by atoms with Crippen molar-refractivity contribution >= 4 is 18.0 Å². The number of carboxylic acid groups (broad SMARTS) is 1. The van der Waals surface area contributed by atoms with Crippen LogP contribution in [0.2, 0.25) is 0 Å². The fraction of sp³-hybridized carbons (Fsp3) is 0.323. The number of ether oxygens (including phenoxy) is 1. The van der Waals surface area contributed by atoms with E-state index in [4.69, 9.17) is 4.74 Å². The predicted octanol–water partition coefficient (Wildman–Crippen LogP) is 4.69. The lowest BCUT2D eigenvalue weighted by atomic mass is 9.97. The summed E-state index contributed by atoms with van der Waals surface area (Å²) in [6.45, 7) is 0.460. The number of halogens is 3. The summed E-state index contributed by atoms with van der Waals surface area (Å²) in [5, 5.41) is 14.3. The van der Waals surface area contributed by atoms with Gasteiger partial charge in [-0.25, -0.2) is 9.59 Å². The standard InChI is InChI=1S/C31H30F3N3O5/c32-31(33,34)16-26(27(38)36-30(28(39)40)14-15-37(19-30)17-20-8-2-1-3-9-20)35-29(41)42-18-25-23-12-6-4-10-21(23)22-11-5-7-13-24(22)25/h1-13,25-26H,14-19H2,(H,35,41)(H,36,38)(H,39,40). The van der Waals surface area contributed by atoms with Crippen molar-refractivity contribution in [2.24, 2.45) is 0 Å². The number of nitrogens with zero attached hydrogens (tertiary/aromatic N) is 1. The van der Waals surface area contributed by atoms with E-state index in [0.29, 0.717) is 13.1 Å². The highest BCUT2D eigenvalue weighted by molar-refractivity contribution is 5.92. The molecule has 2 unspecified atom stereocenters. The van der Waals surface area contributed by atoms with Crippen LogP contribution in [0.1, 0.15) is 35.4 Å². The second-order valence-corrected chi connectivity index (χ2v) is 10.7. The van der Waals surface area contributed by atoms with Crippen molar-refractivity contribution in [3.63, 3.8) is 0 Å². The quantitative estimate of drug-likeness (QED) is 0.339. The molecule has 0 spiro atoms. The number of nitrogens with one attached hydrogen (secondary N) is 2. The van der Waals surface area contributed by atoms with Crippen LogP contribution in [0, 0.1) is 0 Å². The maximum Gasteiger partial charge on any atom is 0.407 e. The summed E-state index contributed by atoms with van der Waals surface area (Å²) in [7, 11) is 0. The van der Waals surface area contributed by atoms with Crippen LogP contribution >= 0.6 is 0 Å². The lowest BCUT2D eigenvalue weighted by Crippen LogP contribution is -2.61. The monoisotopic (exact) mass is 581 g/mol. The summed E-state index contributed by atoms with van der Waals surface area (Å²) in [6, 6.07) is 22.4. The van der Waals surface area contributed by atoms with Crippen LogP contribution in [0.3, 0.4) is 0 Å². The van der Waals surface area contributed by atoms with Crippen molar-refractivity contribution in [2.75, 3.05) is 19.7 Å². The first kappa shape index (κ1) is 29.1. The zero-order chi connectivity index (χ0) is 29.9. The lowest BCUT2D eigenvalue weighted by molar-refractivity contribution is -0.153. The number of carbonyl (C=O) groups excluding carboxylic acids is 2. The minimum absolute atomic E-state index is 0.00934. The van der Waals surface area contributed by atoms with Gasteiger partial charge in [-0.3, -0.25) is 9.69 Å². The van der Waals surface area contributed by atoms with Crippen LogP contribution in [0.4, 0.5) is 18.0 Å². The first-order valence-electron chi connectivity index (χ1n) is 13.5. The number of hydrogen-bond acceptors (Lipinski definition) is 5. The van der Waals surface area contributed by atoms with Crippen LogP contribution in [0.25, 0.3) is 11.1 Å². The van der Waals surface area contributed by atoms with Crippen molar-refractivity contribution in [1.82, 2.24) is 15.5 Å². The highest BCUT2D eigenvalue weighted by Gasteiger charge is 2.48. The third-order valence-electron chi connectivity index (χ3n) is 7.76. The third-order valence-corrected chi connectivity index (χ3v) is 7.76. The minimum atomic E-state index is -4.82. The number of aliphatic carboxylic acids is 1. The van der Waals surface area contributed by atoms with Gasteiger partial charge in [0.2, 0.25) is 5.91 Å². The number of alkyl carbamates (subject to hydrolysis) is 1. The molecule has 42 heavy (non-hydrogen) atoms. The smallest absolute Gasteiger partial charge is 0.407 e. The average molecular weight is 582 g/mol. The van der Waals surface area contributed by atoms with Gasteiger partial charge in [0.05, 0.1) is 6.42 Å². The van der Waals surface area contributed by atoms with Crippen LogP contribution in [0.5, 0.6) is 0 Å². The minimum Gasteiger partial charge on any atom is -0.479 e. The maximum atomic E-state index is 13.5. The summed E-state index contributed by atoms with van der Waals surface area (Å²) in [5.74, 6) is -2.94. The average Bonchev–Trinajstić information content (AvgIpc) is 3.51. The van der Waals surface area contributed by atoms with Crippen LogP contribution in [0.15, 0.2) is 78.9 Å². The van der Waals surface area contributed by atoms with Gasteiger partial charge in [0, 0.05) is 25.6 Å². The molecule has 8 nitrogen and oxygen atoms in total. The molecule has 1 aliphatic carbocycles. The zero-order valence-electron chi connectivity index (χ0n) is 22.6. The van der Waals surface area contributed by atoms with E-state index in [0.717, 1.165) is 27.8 Å². The Morgan fingerprint density at radius 2 is 1.55 bits per heavy atom. The summed E-state index contributed by atoms with van der Waals surface area (Å²) in [4.78, 5) is 39.9. The molecule has 1 heterocycles. The summed E-state index contributed by atoms with van der Waals surface area (Å²) < 4.78 is 45.7. The van der Waals surface area contributed by atoms with E-state index < -0.39 is 42.1 Å². The van der Waals surface area contributed by atoms with E-state index in [1.54, 1.807) is 0 Å². The number of amides is 2. The molecule has 2 aliphatic rings. The molecule has 5 rings (SSSR count). The van der Waals surface area contributed by atoms with Gasteiger partial charge in [0.25, 0.3) is 0 Å². The lowest BCUT2D eigenvalue weighted by Gasteiger charge is -2.29. The molecule has 3 aromatic carbocycles. The van der Waals surface area contributed by atoms with Crippen LogP contribution in [-0.4, -0.2) is 65.4 Å². The number of alkyl halides is 3. The van der Waals surface area contributed by atoms with Gasteiger partial charge in [-0.1, -0.05) is 78.9 Å². The largest absolute Gasteiger partial charge is 0.479 e. The molecule has 0 aromatic heterocycles. The molecule has 2 amide bonds. The van der Waals surface area contributed by atoms with E-state index in [1.165, 1.54) is 0 Å².